The van der Waals surface area contributed by atoms with E-state index in [0.717, 1.165) is 34.3 Å². The molecule has 0 amide bonds. The van der Waals surface area contributed by atoms with Crippen molar-refractivity contribution in [3.63, 3.8) is 0 Å². The summed E-state index contributed by atoms with van der Waals surface area (Å²) >= 11 is 0. The molecule has 1 N–H and O–H groups in total. The highest BCUT2D eigenvalue weighted by Gasteiger charge is 2.56. The molecule has 5 atom stereocenters. The summed E-state index contributed by atoms with van der Waals surface area (Å²) < 4.78 is 37.5. The standard InChI is InChI=1S/C25H32O13/c1-6-7-10-33-23(30)17-11-16(12-26)8-9-18(17)37-25-22(36-15(4)29)20(35-14(3)28)19(34-13(2)27)21(38-25)24(31)32-5/h8-9,11,19-22,25-26H,6-7,10,12H2,1-5H3/t19-,20-,21-,22+,25?/m0/s1. The lowest BCUT2D eigenvalue weighted by molar-refractivity contribution is -0.282. The summed E-state index contributed by atoms with van der Waals surface area (Å²) in [5.74, 6) is -4.40. The van der Waals surface area contributed by atoms with Gasteiger partial charge in [-0.2, -0.15) is 0 Å². The molecule has 0 bridgehead atoms. The Morgan fingerprint density at radius 2 is 1.53 bits per heavy atom. The van der Waals surface area contributed by atoms with Crippen molar-refractivity contribution in [1.29, 1.82) is 0 Å². The van der Waals surface area contributed by atoms with E-state index in [-0.39, 0.29) is 24.5 Å². The first-order valence-electron chi connectivity index (χ1n) is 11.8. The minimum Gasteiger partial charge on any atom is -0.467 e. The van der Waals surface area contributed by atoms with Crippen LogP contribution >= 0.6 is 0 Å². The molecule has 210 valence electrons. The van der Waals surface area contributed by atoms with Gasteiger partial charge in [0.05, 0.1) is 20.3 Å². The molecule has 0 saturated carbocycles. The number of carbonyl (C=O) groups is 5. The van der Waals surface area contributed by atoms with Crippen LogP contribution in [0.5, 0.6) is 5.75 Å². The number of ether oxygens (including phenoxy) is 7. The smallest absolute Gasteiger partial charge is 0.341 e. The molecule has 13 nitrogen and oxygen atoms in total. The summed E-state index contributed by atoms with van der Waals surface area (Å²) in [5, 5.41) is 9.54. The topological polar surface area (TPSA) is 170 Å². The van der Waals surface area contributed by atoms with Crippen molar-refractivity contribution in [2.24, 2.45) is 0 Å². The Labute approximate surface area is 219 Å². The van der Waals surface area contributed by atoms with Crippen LogP contribution in [0, 0.1) is 0 Å². The SMILES string of the molecule is CCCCOC(=O)c1cc(CO)ccc1OC1O[C@H](C(=O)OC)[C@@H](OC(C)=O)[C@H](OC(C)=O)[C@H]1OC(C)=O. The van der Waals surface area contributed by atoms with Crippen LogP contribution in [0.2, 0.25) is 0 Å². The molecular formula is C25H32O13. The molecule has 1 aromatic rings. The summed E-state index contributed by atoms with van der Waals surface area (Å²) in [6, 6.07) is 4.16. The maximum atomic E-state index is 12.8. The molecule has 0 spiro atoms. The van der Waals surface area contributed by atoms with E-state index in [9.17, 15) is 29.1 Å². The fraction of sp³-hybridized carbons (Fsp3) is 0.560. The van der Waals surface area contributed by atoms with Gasteiger partial charge in [-0.3, -0.25) is 14.4 Å². The Bertz CT molecular complexity index is 1020. The number of benzene rings is 1. The predicted molar refractivity (Wildman–Crippen MR) is 126 cm³/mol. The zero-order valence-corrected chi connectivity index (χ0v) is 21.8. The van der Waals surface area contributed by atoms with Crippen molar-refractivity contribution >= 4 is 29.8 Å². The Hall–Kier alpha value is -3.71. The summed E-state index contributed by atoms with van der Waals surface area (Å²) in [6.45, 7) is 4.87. The number of esters is 5. The molecule has 1 saturated heterocycles. The largest absolute Gasteiger partial charge is 0.467 e. The van der Waals surface area contributed by atoms with Crippen LogP contribution in [0.4, 0.5) is 0 Å². The molecule has 1 fully saturated rings. The maximum absolute atomic E-state index is 12.8. The molecule has 0 radical (unpaired) electrons. The van der Waals surface area contributed by atoms with Crippen LogP contribution in [0.25, 0.3) is 0 Å². The minimum atomic E-state index is -1.67. The zero-order valence-electron chi connectivity index (χ0n) is 21.8. The molecule has 0 aliphatic carbocycles. The second-order valence-electron chi connectivity index (χ2n) is 8.27. The van der Waals surface area contributed by atoms with E-state index in [2.05, 4.69) is 0 Å². The molecule has 0 aromatic heterocycles. The molecule has 38 heavy (non-hydrogen) atoms. The first-order valence-corrected chi connectivity index (χ1v) is 11.8. The highest BCUT2D eigenvalue weighted by atomic mass is 16.7. The number of unbranched alkanes of at least 4 members (excludes halogenated alkanes) is 1. The van der Waals surface area contributed by atoms with E-state index in [1.165, 1.54) is 18.2 Å². The van der Waals surface area contributed by atoms with Gasteiger partial charge in [-0.25, -0.2) is 9.59 Å². The third-order valence-corrected chi connectivity index (χ3v) is 5.26. The fourth-order valence-corrected chi connectivity index (χ4v) is 3.62. The number of hydrogen-bond acceptors (Lipinski definition) is 13. The van der Waals surface area contributed by atoms with E-state index in [1.807, 2.05) is 6.92 Å². The van der Waals surface area contributed by atoms with E-state index in [0.29, 0.717) is 12.0 Å². The van der Waals surface area contributed by atoms with E-state index < -0.39 is 60.6 Å². The van der Waals surface area contributed by atoms with Gasteiger partial charge in [0, 0.05) is 20.8 Å². The van der Waals surface area contributed by atoms with Crippen molar-refractivity contribution in [1.82, 2.24) is 0 Å². The number of methoxy groups -OCH3 is 1. The third-order valence-electron chi connectivity index (χ3n) is 5.26. The molecule has 1 aromatic carbocycles. The third kappa shape index (κ3) is 8.15. The van der Waals surface area contributed by atoms with Gasteiger partial charge in [-0.05, 0) is 24.1 Å². The summed E-state index contributed by atoms with van der Waals surface area (Å²) in [7, 11) is 1.06. The predicted octanol–water partition coefficient (Wildman–Crippen LogP) is 1.21. The molecule has 13 heteroatoms. The average molecular weight is 541 g/mol. The lowest BCUT2D eigenvalue weighted by atomic mass is 9.97. The second kappa shape index (κ2) is 14.3. The van der Waals surface area contributed by atoms with Crippen molar-refractivity contribution < 1.29 is 62.2 Å². The van der Waals surface area contributed by atoms with Gasteiger partial charge >= 0.3 is 29.8 Å². The first kappa shape index (κ1) is 30.5. The number of rotatable bonds is 11. The first-order chi connectivity index (χ1) is 18.0. The average Bonchev–Trinajstić information content (AvgIpc) is 2.86. The van der Waals surface area contributed by atoms with Gasteiger partial charge in [-0.1, -0.05) is 19.4 Å². The monoisotopic (exact) mass is 540 g/mol. The summed E-state index contributed by atoms with van der Waals surface area (Å²) in [6.07, 6.45) is -6.60. The Balaban J connectivity index is 2.56. The maximum Gasteiger partial charge on any atom is 0.341 e. The summed E-state index contributed by atoms with van der Waals surface area (Å²) in [5.41, 5.74) is 0.291. The minimum absolute atomic E-state index is 0.0846. The van der Waals surface area contributed by atoms with Gasteiger partial charge in [0.15, 0.2) is 18.3 Å². The number of hydrogen-bond donors (Lipinski definition) is 1. The normalized spacial score (nSPS) is 22.5. The second-order valence-corrected chi connectivity index (χ2v) is 8.27. The molecule has 1 heterocycles. The van der Waals surface area contributed by atoms with Crippen LogP contribution in [-0.2, 0) is 54.2 Å². The van der Waals surface area contributed by atoms with E-state index >= 15 is 0 Å². The molecule has 2 rings (SSSR count). The molecule has 1 unspecified atom stereocenters. The molecular weight excluding hydrogens is 508 g/mol. The lowest BCUT2D eigenvalue weighted by Gasteiger charge is -2.43. The zero-order chi connectivity index (χ0) is 28.4. The number of aliphatic hydroxyl groups is 1. The molecule has 1 aliphatic rings. The van der Waals surface area contributed by atoms with Crippen LogP contribution < -0.4 is 4.74 Å². The van der Waals surface area contributed by atoms with Crippen molar-refractivity contribution in [3.8, 4) is 5.75 Å². The number of aliphatic hydroxyl groups excluding tert-OH is 1. The van der Waals surface area contributed by atoms with Gasteiger partial charge in [0.25, 0.3) is 0 Å². The van der Waals surface area contributed by atoms with Crippen LogP contribution in [-0.4, -0.2) is 79.4 Å². The van der Waals surface area contributed by atoms with Gasteiger partial charge < -0.3 is 38.3 Å². The van der Waals surface area contributed by atoms with Crippen LogP contribution in [0.15, 0.2) is 18.2 Å². The van der Waals surface area contributed by atoms with Gasteiger partial charge in [-0.15, -0.1) is 0 Å². The number of carbonyl (C=O) groups excluding carboxylic acids is 5. The highest BCUT2D eigenvalue weighted by molar-refractivity contribution is 5.92. The highest BCUT2D eigenvalue weighted by Crippen LogP contribution is 2.33. The van der Waals surface area contributed by atoms with Crippen molar-refractivity contribution in [2.45, 2.75) is 77.8 Å². The van der Waals surface area contributed by atoms with Crippen molar-refractivity contribution in [2.75, 3.05) is 13.7 Å². The van der Waals surface area contributed by atoms with Crippen LogP contribution in [0.3, 0.4) is 0 Å². The summed E-state index contributed by atoms with van der Waals surface area (Å²) in [4.78, 5) is 61.1. The van der Waals surface area contributed by atoms with Crippen molar-refractivity contribution in [3.05, 3.63) is 29.3 Å². The quantitative estimate of drug-likeness (QED) is 0.241. The Morgan fingerprint density at radius 3 is 2.08 bits per heavy atom. The van der Waals surface area contributed by atoms with Crippen LogP contribution in [0.1, 0.15) is 56.5 Å². The van der Waals surface area contributed by atoms with E-state index in [1.54, 1.807) is 0 Å². The van der Waals surface area contributed by atoms with Gasteiger partial charge in [0.1, 0.15) is 11.3 Å². The Morgan fingerprint density at radius 1 is 0.921 bits per heavy atom. The van der Waals surface area contributed by atoms with Gasteiger partial charge in [0.2, 0.25) is 12.4 Å². The molecule has 1 aliphatic heterocycles. The lowest BCUT2D eigenvalue weighted by Crippen LogP contribution is -2.64. The Kier molecular flexibility index (Phi) is 11.5. The van der Waals surface area contributed by atoms with E-state index in [4.69, 9.17) is 33.2 Å². The fourth-order valence-electron chi connectivity index (χ4n) is 3.62.